The Kier molecular flexibility index (Phi) is 6.71. The third-order valence-electron chi connectivity index (χ3n) is 4.20. The smallest absolute Gasteiger partial charge is 0.223 e. The molecular formula is C18H27NO4. The predicted octanol–water partition coefficient (Wildman–Crippen LogP) is 2.92. The van der Waals surface area contributed by atoms with Gasteiger partial charge in [-0.1, -0.05) is 19.9 Å². The normalized spacial score (nSPS) is 18.5. The fourth-order valence-corrected chi connectivity index (χ4v) is 2.45. The maximum Gasteiger partial charge on any atom is 0.223 e. The summed E-state index contributed by atoms with van der Waals surface area (Å²) < 4.78 is 16.8. The molecule has 1 aliphatic heterocycles. The number of nitrogens with one attached hydrogen (secondary N) is 1. The van der Waals surface area contributed by atoms with Gasteiger partial charge < -0.3 is 19.5 Å². The molecule has 0 unspecified atom stereocenters. The Morgan fingerprint density at radius 2 is 2.26 bits per heavy atom. The van der Waals surface area contributed by atoms with Crippen molar-refractivity contribution in [1.29, 1.82) is 0 Å². The van der Waals surface area contributed by atoms with Crippen LogP contribution in [0.2, 0.25) is 0 Å². The monoisotopic (exact) mass is 321 g/mol. The lowest BCUT2D eigenvalue weighted by Crippen LogP contribution is -2.28. The van der Waals surface area contributed by atoms with Gasteiger partial charge in [-0.05, 0) is 37.0 Å². The molecule has 1 aromatic rings. The van der Waals surface area contributed by atoms with E-state index < -0.39 is 0 Å². The molecule has 1 aliphatic rings. The van der Waals surface area contributed by atoms with E-state index in [0.29, 0.717) is 24.7 Å². The van der Waals surface area contributed by atoms with E-state index in [2.05, 4.69) is 5.32 Å². The number of benzene rings is 1. The Balaban J connectivity index is 1.91. The average molecular weight is 321 g/mol. The van der Waals surface area contributed by atoms with Gasteiger partial charge in [0.15, 0.2) is 11.5 Å². The number of carbonyl (C=O) groups excluding carboxylic acids is 1. The lowest BCUT2D eigenvalue weighted by atomic mass is 10.1. The number of ether oxygens (including phenoxy) is 3. The Morgan fingerprint density at radius 1 is 1.43 bits per heavy atom. The van der Waals surface area contributed by atoms with Gasteiger partial charge in [0.05, 0.1) is 13.2 Å². The van der Waals surface area contributed by atoms with Crippen molar-refractivity contribution in [2.24, 2.45) is 5.92 Å². The quantitative estimate of drug-likeness (QED) is 0.800. The van der Waals surface area contributed by atoms with Crippen molar-refractivity contribution in [3.8, 4) is 11.5 Å². The zero-order valence-electron chi connectivity index (χ0n) is 14.3. The Bertz CT molecular complexity index is 512. The summed E-state index contributed by atoms with van der Waals surface area (Å²) in [6, 6.07) is 5.74. The first-order chi connectivity index (χ1) is 11.1. The second kappa shape index (κ2) is 8.77. The molecule has 23 heavy (non-hydrogen) atoms. The summed E-state index contributed by atoms with van der Waals surface area (Å²) in [4.78, 5) is 11.8. The molecule has 0 spiro atoms. The molecule has 0 saturated carbocycles. The Hall–Kier alpha value is -1.75. The van der Waals surface area contributed by atoms with Crippen LogP contribution in [0, 0.1) is 5.92 Å². The first-order valence-electron chi connectivity index (χ1n) is 8.33. The molecule has 1 amide bonds. The molecule has 1 heterocycles. The van der Waals surface area contributed by atoms with Gasteiger partial charge in [0.25, 0.3) is 0 Å². The lowest BCUT2D eigenvalue weighted by molar-refractivity contribution is -0.124. The number of methoxy groups -OCH3 is 1. The third-order valence-corrected chi connectivity index (χ3v) is 4.20. The Morgan fingerprint density at radius 3 is 2.91 bits per heavy atom. The predicted molar refractivity (Wildman–Crippen MR) is 88.8 cm³/mol. The van der Waals surface area contributed by atoms with Gasteiger partial charge in [-0.2, -0.15) is 0 Å². The first kappa shape index (κ1) is 17.6. The lowest BCUT2D eigenvalue weighted by Gasteiger charge is -2.15. The topological polar surface area (TPSA) is 56.8 Å². The number of carbonyl (C=O) groups is 1. The van der Waals surface area contributed by atoms with E-state index in [9.17, 15) is 4.79 Å². The molecule has 1 saturated heterocycles. The van der Waals surface area contributed by atoms with Crippen molar-refractivity contribution in [3.63, 3.8) is 0 Å². The molecule has 1 fully saturated rings. The van der Waals surface area contributed by atoms with Crippen LogP contribution in [-0.2, 0) is 16.1 Å². The number of amides is 1. The first-order valence-corrected chi connectivity index (χ1v) is 8.33. The van der Waals surface area contributed by atoms with Crippen LogP contribution >= 0.6 is 0 Å². The molecular weight excluding hydrogens is 294 g/mol. The molecule has 2 rings (SSSR count). The van der Waals surface area contributed by atoms with Crippen molar-refractivity contribution in [2.75, 3.05) is 20.3 Å². The standard InChI is InChI=1S/C18H27NO4/c1-4-13(2)18(20)19-11-14-7-8-16(17(10-14)21-3)23-12-15-6-5-9-22-15/h7-8,10,13,15H,4-6,9,11-12H2,1-3H3,(H,19,20)/t13-,15-/m1/s1. The molecule has 2 atom stereocenters. The van der Waals surface area contributed by atoms with E-state index in [0.717, 1.165) is 31.4 Å². The number of rotatable bonds is 8. The van der Waals surface area contributed by atoms with Crippen LogP contribution in [0.25, 0.3) is 0 Å². The third kappa shape index (κ3) is 5.13. The minimum Gasteiger partial charge on any atom is -0.493 e. The highest BCUT2D eigenvalue weighted by molar-refractivity contribution is 5.78. The Labute approximate surface area is 138 Å². The summed E-state index contributed by atoms with van der Waals surface area (Å²) in [5.74, 6) is 1.49. The van der Waals surface area contributed by atoms with Gasteiger partial charge in [0, 0.05) is 19.1 Å². The maximum absolute atomic E-state index is 11.8. The fourth-order valence-electron chi connectivity index (χ4n) is 2.45. The minimum atomic E-state index is 0.0333. The molecule has 5 heteroatoms. The van der Waals surface area contributed by atoms with E-state index >= 15 is 0 Å². The SMILES string of the molecule is CC[C@@H](C)C(=O)NCc1ccc(OC[C@H]2CCCO2)c(OC)c1. The molecule has 128 valence electrons. The van der Waals surface area contributed by atoms with Gasteiger partial charge in [0.2, 0.25) is 5.91 Å². The van der Waals surface area contributed by atoms with Crippen molar-refractivity contribution in [3.05, 3.63) is 23.8 Å². The summed E-state index contributed by atoms with van der Waals surface area (Å²) in [7, 11) is 1.62. The van der Waals surface area contributed by atoms with Gasteiger partial charge in [-0.25, -0.2) is 0 Å². The maximum atomic E-state index is 11.8. The summed E-state index contributed by atoms with van der Waals surface area (Å²) >= 11 is 0. The summed E-state index contributed by atoms with van der Waals surface area (Å²) in [6.45, 7) is 5.79. The van der Waals surface area contributed by atoms with E-state index in [4.69, 9.17) is 14.2 Å². The van der Waals surface area contributed by atoms with Crippen LogP contribution in [0.4, 0.5) is 0 Å². The van der Waals surface area contributed by atoms with Gasteiger partial charge >= 0.3 is 0 Å². The van der Waals surface area contributed by atoms with Gasteiger partial charge in [-0.3, -0.25) is 4.79 Å². The van der Waals surface area contributed by atoms with Gasteiger partial charge in [0.1, 0.15) is 6.61 Å². The number of hydrogen-bond donors (Lipinski definition) is 1. The fraction of sp³-hybridized carbons (Fsp3) is 0.611. The highest BCUT2D eigenvalue weighted by atomic mass is 16.5. The van der Waals surface area contributed by atoms with Crippen LogP contribution in [0.5, 0.6) is 11.5 Å². The van der Waals surface area contributed by atoms with Crippen LogP contribution in [0.3, 0.4) is 0 Å². The summed E-state index contributed by atoms with van der Waals surface area (Å²) in [5.41, 5.74) is 0.989. The van der Waals surface area contributed by atoms with Crippen LogP contribution < -0.4 is 14.8 Å². The van der Waals surface area contributed by atoms with Crippen molar-refractivity contribution < 1.29 is 19.0 Å². The summed E-state index contributed by atoms with van der Waals surface area (Å²) in [5, 5.41) is 2.94. The highest BCUT2D eigenvalue weighted by Gasteiger charge is 2.17. The van der Waals surface area contributed by atoms with Crippen molar-refractivity contribution >= 4 is 5.91 Å². The van der Waals surface area contributed by atoms with Crippen molar-refractivity contribution in [2.45, 2.75) is 45.8 Å². The molecule has 1 aromatic carbocycles. The largest absolute Gasteiger partial charge is 0.493 e. The van der Waals surface area contributed by atoms with E-state index in [-0.39, 0.29) is 17.9 Å². The molecule has 1 N–H and O–H groups in total. The van der Waals surface area contributed by atoms with E-state index in [1.807, 2.05) is 32.0 Å². The highest BCUT2D eigenvalue weighted by Crippen LogP contribution is 2.29. The molecule has 5 nitrogen and oxygen atoms in total. The van der Waals surface area contributed by atoms with Crippen LogP contribution in [-0.4, -0.2) is 32.3 Å². The number of hydrogen-bond acceptors (Lipinski definition) is 4. The molecule has 0 bridgehead atoms. The van der Waals surface area contributed by atoms with E-state index in [1.54, 1.807) is 7.11 Å². The van der Waals surface area contributed by atoms with Crippen molar-refractivity contribution in [1.82, 2.24) is 5.32 Å². The van der Waals surface area contributed by atoms with Gasteiger partial charge in [-0.15, -0.1) is 0 Å². The molecule has 0 aliphatic carbocycles. The second-order valence-electron chi connectivity index (χ2n) is 5.96. The zero-order chi connectivity index (χ0) is 16.7. The van der Waals surface area contributed by atoms with Crippen LogP contribution in [0.15, 0.2) is 18.2 Å². The van der Waals surface area contributed by atoms with Crippen LogP contribution in [0.1, 0.15) is 38.7 Å². The molecule has 0 radical (unpaired) electrons. The molecule has 0 aromatic heterocycles. The summed E-state index contributed by atoms with van der Waals surface area (Å²) in [6.07, 6.45) is 3.15. The zero-order valence-corrected chi connectivity index (χ0v) is 14.3. The average Bonchev–Trinajstić information content (AvgIpc) is 3.10. The minimum absolute atomic E-state index is 0.0333. The second-order valence-corrected chi connectivity index (χ2v) is 5.96. The van der Waals surface area contributed by atoms with E-state index in [1.165, 1.54) is 0 Å².